The van der Waals surface area contributed by atoms with Crippen LogP contribution in [0.15, 0.2) is 65.4 Å². The largest absolute Gasteiger partial charge is 0.465 e. The molecule has 1 atom stereocenters. The third kappa shape index (κ3) is 3.74. The molecule has 0 bridgehead atoms. The van der Waals surface area contributed by atoms with Crippen LogP contribution >= 0.6 is 0 Å². The zero-order chi connectivity index (χ0) is 21.2. The molecule has 0 saturated heterocycles. The van der Waals surface area contributed by atoms with E-state index in [0.717, 1.165) is 53.6 Å². The van der Waals surface area contributed by atoms with Gasteiger partial charge < -0.3 is 14.3 Å². The molecule has 1 aliphatic rings. The van der Waals surface area contributed by atoms with Crippen LogP contribution in [0.1, 0.15) is 31.0 Å². The van der Waals surface area contributed by atoms with E-state index in [1.54, 1.807) is 24.6 Å². The molecule has 0 aliphatic carbocycles. The lowest BCUT2D eigenvalue weighted by molar-refractivity contribution is 0.555. The summed E-state index contributed by atoms with van der Waals surface area (Å²) in [6.45, 7) is 2.74. The number of nitrogens with one attached hydrogen (secondary N) is 1. The number of fused-ring (bicyclic) bond motifs is 1. The molecular weight excluding hydrogens is 393 g/mol. The third-order valence-electron chi connectivity index (χ3n) is 5.36. The molecule has 0 amide bonds. The Bertz CT molecular complexity index is 1210. The zero-order valence-corrected chi connectivity index (χ0v) is 17.1. The van der Waals surface area contributed by atoms with E-state index < -0.39 is 0 Å². The van der Waals surface area contributed by atoms with Crippen LogP contribution in [0.2, 0.25) is 0 Å². The van der Waals surface area contributed by atoms with Gasteiger partial charge in [-0.05, 0) is 61.9 Å². The van der Waals surface area contributed by atoms with E-state index in [0.29, 0.717) is 5.95 Å². The fraction of sp³-hybridized carbons (Fsp3) is 0.208. The number of aryl methyl sites for hydroxylation is 1. The second-order valence-electron chi connectivity index (χ2n) is 7.38. The number of benzene rings is 1. The number of rotatable bonds is 6. The first-order chi connectivity index (χ1) is 15.2. The summed E-state index contributed by atoms with van der Waals surface area (Å²) < 4.78 is 21.2. The van der Waals surface area contributed by atoms with Crippen LogP contribution in [-0.2, 0) is 6.42 Å². The molecule has 5 rings (SSSR count). The fourth-order valence-electron chi connectivity index (χ4n) is 3.98. The number of aromatic nitrogens is 4. The van der Waals surface area contributed by atoms with E-state index in [-0.39, 0.29) is 11.9 Å². The van der Waals surface area contributed by atoms with Crippen molar-refractivity contribution in [1.82, 2.24) is 19.5 Å². The highest BCUT2D eigenvalue weighted by atomic mass is 19.1. The van der Waals surface area contributed by atoms with E-state index in [4.69, 9.17) is 14.4 Å². The van der Waals surface area contributed by atoms with Gasteiger partial charge in [-0.15, -0.1) is 0 Å². The lowest BCUT2D eigenvalue weighted by atomic mass is 10.1. The minimum absolute atomic E-state index is 0.120. The summed E-state index contributed by atoms with van der Waals surface area (Å²) in [7, 11) is 0. The van der Waals surface area contributed by atoms with Crippen molar-refractivity contribution in [3.05, 3.63) is 78.4 Å². The first kappa shape index (κ1) is 19.2. The Labute approximate surface area is 179 Å². The molecule has 1 N–H and O–H groups in total. The Morgan fingerprint density at radius 2 is 2.06 bits per heavy atom. The molecule has 0 radical (unpaired) electrons. The molecule has 0 spiro atoms. The Balaban J connectivity index is 1.64. The second-order valence-corrected chi connectivity index (χ2v) is 7.38. The van der Waals surface area contributed by atoms with Crippen molar-refractivity contribution < 1.29 is 8.81 Å². The molecule has 1 aliphatic heterocycles. The predicted molar refractivity (Wildman–Crippen MR) is 118 cm³/mol. The number of imidazole rings is 1. The van der Waals surface area contributed by atoms with Crippen molar-refractivity contribution in [1.29, 1.82) is 0 Å². The van der Waals surface area contributed by atoms with Crippen LogP contribution in [0.4, 0.5) is 10.3 Å². The average Bonchev–Trinajstić information content (AvgIpc) is 3.51. The van der Waals surface area contributed by atoms with Crippen LogP contribution in [0.25, 0.3) is 28.7 Å². The van der Waals surface area contributed by atoms with Crippen LogP contribution in [0, 0.1) is 5.82 Å². The number of hydrogen-bond acceptors (Lipinski definition) is 5. The van der Waals surface area contributed by atoms with Gasteiger partial charge in [0.05, 0.1) is 29.4 Å². The van der Waals surface area contributed by atoms with Gasteiger partial charge in [0, 0.05) is 24.7 Å². The monoisotopic (exact) mass is 415 g/mol. The topological polar surface area (TPSA) is 68.8 Å². The Hall–Kier alpha value is -3.74. The number of halogens is 1. The fourth-order valence-corrected chi connectivity index (χ4v) is 3.98. The third-order valence-corrected chi connectivity index (χ3v) is 5.36. The minimum atomic E-state index is -0.271. The van der Waals surface area contributed by atoms with Crippen LogP contribution in [0.5, 0.6) is 0 Å². The number of allylic oxidation sites excluding steroid dienone is 1. The van der Waals surface area contributed by atoms with E-state index in [1.807, 2.05) is 31.2 Å². The maximum atomic E-state index is 13.5. The van der Waals surface area contributed by atoms with Crippen molar-refractivity contribution in [2.24, 2.45) is 0 Å². The summed E-state index contributed by atoms with van der Waals surface area (Å²) in [5.41, 5.74) is 3.35. The van der Waals surface area contributed by atoms with Gasteiger partial charge in [-0.2, -0.15) is 0 Å². The molecule has 6 nitrogen and oxygen atoms in total. The van der Waals surface area contributed by atoms with Crippen molar-refractivity contribution >= 4 is 12.0 Å². The van der Waals surface area contributed by atoms with Gasteiger partial charge in [0.15, 0.2) is 0 Å². The molecular formula is C24H22FN5O. The summed E-state index contributed by atoms with van der Waals surface area (Å²) in [5, 5.41) is 3.17. The maximum absolute atomic E-state index is 13.5. The highest BCUT2D eigenvalue weighted by molar-refractivity contribution is 5.78. The number of nitrogens with zero attached hydrogens (tertiary/aromatic N) is 4. The molecule has 3 aromatic heterocycles. The van der Waals surface area contributed by atoms with Crippen molar-refractivity contribution in [2.45, 2.75) is 25.8 Å². The van der Waals surface area contributed by atoms with Crippen molar-refractivity contribution in [2.75, 3.05) is 11.9 Å². The van der Waals surface area contributed by atoms with Crippen molar-refractivity contribution in [3.8, 4) is 22.6 Å². The molecule has 7 heteroatoms. The lowest BCUT2D eigenvalue weighted by Crippen LogP contribution is -2.07. The van der Waals surface area contributed by atoms with E-state index in [1.165, 1.54) is 12.1 Å². The van der Waals surface area contributed by atoms with Gasteiger partial charge in [-0.3, -0.25) is 0 Å². The molecule has 156 valence electrons. The van der Waals surface area contributed by atoms with Gasteiger partial charge in [0.2, 0.25) is 5.95 Å². The first-order valence-electron chi connectivity index (χ1n) is 10.4. The van der Waals surface area contributed by atoms with Gasteiger partial charge in [0.25, 0.3) is 0 Å². The molecule has 1 unspecified atom stereocenters. The Morgan fingerprint density at radius 1 is 1.19 bits per heavy atom. The number of hydrogen-bond donors (Lipinski definition) is 1. The quantitative estimate of drug-likeness (QED) is 0.458. The highest BCUT2D eigenvalue weighted by Gasteiger charge is 2.29. The summed E-state index contributed by atoms with van der Waals surface area (Å²) in [4.78, 5) is 14.0. The smallest absolute Gasteiger partial charge is 0.223 e. The van der Waals surface area contributed by atoms with Crippen molar-refractivity contribution in [3.63, 3.8) is 0 Å². The zero-order valence-electron chi connectivity index (χ0n) is 17.1. The van der Waals surface area contributed by atoms with Gasteiger partial charge in [-0.1, -0.05) is 6.08 Å². The van der Waals surface area contributed by atoms with E-state index in [2.05, 4.69) is 20.9 Å². The Morgan fingerprint density at radius 3 is 2.84 bits per heavy atom. The molecule has 1 aromatic carbocycles. The standard InChI is InChI=1S/C24H22FN5O/c1-2-26-24-27-14-13-20(28-24)23-22(16-5-7-17(25)8-6-16)29-21-12-10-18(30(21)23)9-11-19-4-3-15-31-19/h3-9,11,13-15,18H,2,10,12H2,1H3,(H,26,27,28)/b11-9+. The van der Waals surface area contributed by atoms with Crippen LogP contribution in [-0.4, -0.2) is 26.1 Å². The van der Waals surface area contributed by atoms with Gasteiger partial charge in [-0.25, -0.2) is 19.3 Å². The molecule has 4 heterocycles. The Kier molecular flexibility index (Phi) is 5.08. The molecule has 0 saturated carbocycles. The minimum Gasteiger partial charge on any atom is -0.465 e. The van der Waals surface area contributed by atoms with E-state index >= 15 is 0 Å². The van der Waals surface area contributed by atoms with Crippen LogP contribution < -0.4 is 5.32 Å². The number of furan rings is 1. The SMILES string of the molecule is CCNc1nccc(-c2c(-c3ccc(F)cc3)nc3n2C(/C=C/c2ccco2)CC3)n1. The van der Waals surface area contributed by atoms with Gasteiger partial charge >= 0.3 is 0 Å². The summed E-state index contributed by atoms with van der Waals surface area (Å²) >= 11 is 0. The second kappa shape index (κ2) is 8.18. The predicted octanol–water partition coefficient (Wildman–Crippen LogP) is 5.37. The summed E-state index contributed by atoms with van der Waals surface area (Å²) in [6, 6.07) is 12.3. The van der Waals surface area contributed by atoms with E-state index in [9.17, 15) is 4.39 Å². The highest BCUT2D eigenvalue weighted by Crippen LogP contribution is 2.39. The summed E-state index contributed by atoms with van der Waals surface area (Å²) in [6.07, 6.45) is 9.34. The lowest BCUT2D eigenvalue weighted by Gasteiger charge is -2.14. The normalized spacial score (nSPS) is 15.5. The summed E-state index contributed by atoms with van der Waals surface area (Å²) in [5.74, 6) is 2.10. The van der Waals surface area contributed by atoms with Crippen LogP contribution in [0.3, 0.4) is 0 Å². The molecule has 0 fully saturated rings. The number of anilines is 1. The maximum Gasteiger partial charge on any atom is 0.223 e. The average molecular weight is 415 g/mol. The van der Waals surface area contributed by atoms with Gasteiger partial charge in [0.1, 0.15) is 17.4 Å². The first-order valence-corrected chi connectivity index (χ1v) is 10.4. The molecule has 4 aromatic rings. The molecule has 31 heavy (non-hydrogen) atoms.